The Morgan fingerprint density at radius 3 is 2.48 bits per heavy atom. The molecule has 112 valence electrons. The summed E-state index contributed by atoms with van der Waals surface area (Å²) in [4.78, 5) is 11.4. The third-order valence-corrected chi connectivity index (χ3v) is 4.63. The van der Waals surface area contributed by atoms with Gasteiger partial charge in [-0.3, -0.25) is 4.79 Å². The lowest BCUT2D eigenvalue weighted by atomic mass is 10.1. The van der Waals surface area contributed by atoms with Gasteiger partial charge in [0, 0.05) is 0 Å². The van der Waals surface area contributed by atoms with Gasteiger partial charge in [0.15, 0.2) is 4.34 Å². The van der Waals surface area contributed by atoms with Crippen LogP contribution in [0.4, 0.5) is 13.2 Å². The highest BCUT2D eigenvalue weighted by Gasteiger charge is 2.30. The lowest BCUT2D eigenvalue weighted by Gasteiger charge is -2.12. The van der Waals surface area contributed by atoms with Crippen LogP contribution in [-0.2, 0) is 17.4 Å². The van der Waals surface area contributed by atoms with Gasteiger partial charge in [-0.25, -0.2) is 0 Å². The number of nitrogens with two attached hydrogens (primary N) is 1. The molecule has 0 aliphatic carbocycles. The third-order valence-electron chi connectivity index (χ3n) is 2.60. The summed E-state index contributed by atoms with van der Waals surface area (Å²) < 4.78 is 38.0. The minimum atomic E-state index is -4.37. The molecule has 0 aliphatic rings. The average Bonchev–Trinajstić information content (AvgIpc) is 2.90. The van der Waals surface area contributed by atoms with E-state index in [-0.39, 0.29) is 6.42 Å². The number of carbonyl (C=O) groups is 1. The van der Waals surface area contributed by atoms with E-state index in [0.717, 1.165) is 23.9 Å². The van der Waals surface area contributed by atoms with Crippen molar-refractivity contribution >= 4 is 29.0 Å². The fourth-order valence-electron chi connectivity index (χ4n) is 1.58. The van der Waals surface area contributed by atoms with E-state index >= 15 is 0 Å². The Morgan fingerprint density at radius 1 is 1.33 bits per heavy atom. The van der Waals surface area contributed by atoms with E-state index in [1.807, 2.05) is 0 Å². The Morgan fingerprint density at radius 2 is 2.00 bits per heavy atom. The number of thioether (sulfide) groups is 1. The standard InChI is InChI=1S/C12H10F3N3OS2/c13-12(14,15)8-3-1-7(2-4-8)5-9(10(16)19)21-11-18-17-6-20-11/h1-4,6,9H,5H2,(H2,16,19). The monoisotopic (exact) mass is 333 g/mol. The van der Waals surface area contributed by atoms with E-state index in [0.29, 0.717) is 9.90 Å². The second-order valence-corrected chi connectivity index (χ2v) is 6.40. The molecule has 0 saturated heterocycles. The first-order valence-electron chi connectivity index (χ1n) is 5.74. The molecule has 9 heteroatoms. The molecule has 1 unspecified atom stereocenters. The summed E-state index contributed by atoms with van der Waals surface area (Å²) in [6.07, 6.45) is -4.14. The maximum absolute atomic E-state index is 12.5. The lowest BCUT2D eigenvalue weighted by molar-refractivity contribution is -0.137. The molecule has 2 N–H and O–H groups in total. The number of aromatic nitrogens is 2. The van der Waals surface area contributed by atoms with Crippen LogP contribution < -0.4 is 5.73 Å². The maximum atomic E-state index is 12.5. The number of halogens is 3. The summed E-state index contributed by atoms with van der Waals surface area (Å²) in [5.74, 6) is -0.546. The number of primary amides is 1. The first kappa shape index (κ1) is 15.8. The van der Waals surface area contributed by atoms with Gasteiger partial charge in [0.2, 0.25) is 5.91 Å². The zero-order valence-corrected chi connectivity index (χ0v) is 12.1. The van der Waals surface area contributed by atoms with Crippen molar-refractivity contribution in [1.82, 2.24) is 10.2 Å². The predicted molar refractivity (Wildman–Crippen MR) is 73.9 cm³/mol. The molecular weight excluding hydrogens is 323 g/mol. The van der Waals surface area contributed by atoms with Crippen LogP contribution in [0, 0.1) is 0 Å². The number of carbonyl (C=O) groups excluding carboxylic acids is 1. The molecule has 21 heavy (non-hydrogen) atoms. The molecular formula is C12H10F3N3OS2. The van der Waals surface area contributed by atoms with Crippen LogP contribution in [0.5, 0.6) is 0 Å². The van der Waals surface area contributed by atoms with E-state index in [9.17, 15) is 18.0 Å². The number of hydrogen-bond acceptors (Lipinski definition) is 5. The van der Waals surface area contributed by atoms with Crippen molar-refractivity contribution in [2.75, 3.05) is 0 Å². The van der Waals surface area contributed by atoms with Gasteiger partial charge < -0.3 is 5.73 Å². The summed E-state index contributed by atoms with van der Waals surface area (Å²) in [7, 11) is 0. The number of amides is 1. The van der Waals surface area contributed by atoms with Gasteiger partial charge in [-0.1, -0.05) is 35.2 Å². The first-order valence-corrected chi connectivity index (χ1v) is 7.50. The molecule has 4 nitrogen and oxygen atoms in total. The number of nitrogens with zero attached hydrogens (tertiary/aromatic N) is 2. The number of hydrogen-bond donors (Lipinski definition) is 1. The summed E-state index contributed by atoms with van der Waals surface area (Å²) in [6, 6.07) is 4.67. The highest BCUT2D eigenvalue weighted by molar-refractivity contribution is 8.02. The molecule has 0 aliphatic heterocycles. The van der Waals surface area contributed by atoms with Crippen LogP contribution in [0.3, 0.4) is 0 Å². The minimum absolute atomic E-state index is 0.234. The average molecular weight is 333 g/mol. The largest absolute Gasteiger partial charge is 0.416 e. The fraction of sp³-hybridized carbons (Fsp3) is 0.250. The molecule has 1 aromatic heterocycles. The lowest BCUT2D eigenvalue weighted by Crippen LogP contribution is -2.27. The second kappa shape index (κ2) is 6.44. The smallest absolute Gasteiger partial charge is 0.369 e. The quantitative estimate of drug-likeness (QED) is 0.854. The molecule has 1 amide bonds. The zero-order valence-electron chi connectivity index (χ0n) is 10.5. The van der Waals surface area contributed by atoms with Gasteiger partial charge in [0.05, 0.1) is 10.8 Å². The van der Waals surface area contributed by atoms with Crippen molar-refractivity contribution in [2.24, 2.45) is 5.73 Å². The molecule has 1 atom stereocenters. The predicted octanol–water partition coefficient (Wildman–Crippen LogP) is 2.75. The summed E-state index contributed by atoms with van der Waals surface area (Å²) >= 11 is 2.43. The fourth-order valence-corrected chi connectivity index (χ4v) is 3.29. The van der Waals surface area contributed by atoms with Crippen molar-refractivity contribution < 1.29 is 18.0 Å². The molecule has 0 spiro atoms. The van der Waals surface area contributed by atoms with Gasteiger partial charge >= 0.3 is 6.18 Å². The van der Waals surface area contributed by atoms with Gasteiger partial charge in [-0.2, -0.15) is 13.2 Å². The Bertz CT molecular complexity index is 599. The Hall–Kier alpha value is -1.61. The topological polar surface area (TPSA) is 68.9 Å². The normalized spacial score (nSPS) is 13.1. The molecule has 0 saturated carbocycles. The van der Waals surface area contributed by atoms with E-state index in [4.69, 9.17) is 5.73 Å². The first-order chi connectivity index (χ1) is 9.86. The molecule has 0 fully saturated rings. The highest BCUT2D eigenvalue weighted by Crippen LogP contribution is 2.30. The molecule has 1 aromatic carbocycles. The molecule has 0 radical (unpaired) electrons. The molecule has 2 aromatic rings. The zero-order chi connectivity index (χ0) is 15.5. The van der Waals surface area contributed by atoms with Crippen molar-refractivity contribution in [3.05, 3.63) is 40.9 Å². The number of alkyl halides is 3. The molecule has 2 rings (SSSR count). The summed E-state index contributed by atoms with van der Waals surface area (Å²) in [6.45, 7) is 0. The number of benzene rings is 1. The number of rotatable bonds is 5. The van der Waals surface area contributed by atoms with Gasteiger partial charge in [0.25, 0.3) is 0 Å². The van der Waals surface area contributed by atoms with Crippen molar-refractivity contribution in [2.45, 2.75) is 22.2 Å². The SMILES string of the molecule is NC(=O)C(Cc1ccc(C(F)(F)F)cc1)Sc1nncs1. The van der Waals surface area contributed by atoms with E-state index < -0.39 is 22.9 Å². The van der Waals surface area contributed by atoms with Crippen LogP contribution >= 0.6 is 23.1 Å². The molecule has 0 bridgehead atoms. The van der Waals surface area contributed by atoms with E-state index in [2.05, 4.69) is 10.2 Å². The van der Waals surface area contributed by atoms with Crippen LogP contribution in [0.25, 0.3) is 0 Å². The summed E-state index contributed by atoms with van der Waals surface area (Å²) in [5, 5.41) is 6.85. The van der Waals surface area contributed by atoms with Crippen LogP contribution in [0.15, 0.2) is 34.1 Å². The molecule has 1 heterocycles. The Labute approximate surface area is 126 Å². The van der Waals surface area contributed by atoms with Crippen molar-refractivity contribution in [3.8, 4) is 0 Å². The van der Waals surface area contributed by atoms with Gasteiger partial charge in [-0.05, 0) is 24.1 Å². The van der Waals surface area contributed by atoms with Crippen LogP contribution in [-0.4, -0.2) is 21.4 Å². The van der Waals surface area contributed by atoms with Crippen LogP contribution in [0.2, 0.25) is 0 Å². The Balaban J connectivity index is 2.08. The summed E-state index contributed by atoms with van der Waals surface area (Å²) in [5.41, 5.74) is 6.72. The van der Waals surface area contributed by atoms with Crippen molar-refractivity contribution in [1.29, 1.82) is 0 Å². The second-order valence-electron chi connectivity index (χ2n) is 4.11. The van der Waals surface area contributed by atoms with Gasteiger partial charge in [0.1, 0.15) is 5.51 Å². The van der Waals surface area contributed by atoms with E-state index in [1.54, 1.807) is 0 Å². The van der Waals surface area contributed by atoms with Gasteiger partial charge in [-0.15, -0.1) is 10.2 Å². The van der Waals surface area contributed by atoms with Crippen molar-refractivity contribution in [3.63, 3.8) is 0 Å². The van der Waals surface area contributed by atoms with Crippen LogP contribution in [0.1, 0.15) is 11.1 Å². The van der Waals surface area contributed by atoms with E-state index in [1.165, 1.54) is 29.0 Å². The minimum Gasteiger partial charge on any atom is -0.369 e. The highest BCUT2D eigenvalue weighted by atomic mass is 32.2. The Kier molecular flexibility index (Phi) is 4.84. The third kappa shape index (κ3) is 4.43. The maximum Gasteiger partial charge on any atom is 0.416 e.